The first kappa shape index (κ1) is 20.2. The van der Waals surface area contributed by atoms with Gasteiger partial charge in [0.25, 0.3) is 0 Å². The monoisotopic (exact) mass is 379 g/mol. The minimum atomic E-state index is -0.426. The average molecular weight is 380 g/mol. The summed E-state index contributed by atoms with van der Waals surface area (Å²) >= 11 is 4.94. The van der Waals surface area contributed by atoms with Gasteiger partial charge in [0.1, 0.15) is 23.4 Å². The van der Waals surface area contributed by atoms with Gasteiger partial charge in [0, 0.05) is 6.54 Å². The van der Waals surface area contributed by atoms with Crippen LogP contribution in [0.1, 0.15) is 30.4 Å². The molecule has 0 unspecified atom stereocenters. The highest BCUT2D eigenvalue weighted by Gasteiger charge is 2.01. The molecule has 6 heteroatoms. The van der Waals surface area contributed by atoms with Gasteiger partial charge in [0.15, 0.2) is 0 Å². The predicted octanol–water partition coefficient (Wildman–Crippen LogP) is 4.25. The predicted molar refractivity (Wildman–Crippen MR) is 99.8 cm³/mol. The summed E-state index contributed by atoms with van der Waals surface area (Å²) in [5, 5.41) is 3.14. The summed E-state index contributed by atoms with van der Waals surface area (Å²) in [5.41, 5.74) is 2.23. The van der Waals surface area contributed by atoms with Crippen molar-refractivity contribution in [3.8, 4) is 5.75 Å². The maximum Gasteiger partial charge on any atom is 0.326 e. The summed E-state index contributed by atoms with van der Waals surface area (Å²) < 4.78 is 22.7. The van der Waals surface area contributed by atoms with Gasteiger partial charge in [-0.25, -0.2) is 4.39 Å². The van der Waals surface area contributed by atoms with E-state index in [1.165, 1.54) is 12.1 Å². The Hall–Kier alpha value is -2.11. The smallest absolute Gasteiger partial charge is 0.326 e. The van der Waals surface area contributed by atoms with Crippen LogP contribution in [0.5, 0.6) is 5.75 Å². The van der Waals surface area contributed by atoms with E-state index in [0.29, 0.717) is 13.2 Å². The van der Waals surface area contributed by atoms with Gasteiger partial charge in [0.2, 0.25) is 0 Å². The number of carbonyl (C=O) groups is 1. The minimum absolute atomic E-state index is 0.217. The Morgan fingerprint density at radius 1 is 0.962 bits per heavy atom. The van der Waals surface area contributed by atoms with E-state index in [-0.39, 0.29) is 12.2 Å². The van der Waals surface area contributed by atoms with Gasteiger partial charge < -0.3 is 14.3 Å². The fraction of sp³-hybridized carbons (Fsp3) is 0.350. The molecule has 0 heterocycles. The number of ether oxygens (including phenoxy) is 1. The highest BCUT2D eigenvalue weighted by atomic mass is 35.5. The van der Waals surface area contributed by atoms with E-state index in [0.717, 1.165) is 42.7 Å². The van der Waals surface area contributed by atoms with E-state index in [9.17, 15) is 9.18 Å². The van der Waals surface area contributed by atoms with Crippen molar-refractivity contribution in [2.45, 2.75) is 25.7 Å². The summed E-state index contributed by atoms with van der Waals surface area (Å²) in [5.74, 6) is 0.196. The van der Waals surface area contributed by atoms with Gasteiger partial charge in [-0.1, -0.05) is 24.3 Å². The normalized spacial score (nSPS) is 10.5. The van der Waals surface area contributed by atoms with Crippen LogP contribution in [0.15, 0.2) is 48.5 Å². The van der Waals surface area contributed by atoms with Crippen LogP contribution in [0.2, 0.25) is 0 Å². The molecule has 140 valence electrons. The maximum atomic E-state index is 12.9. The van der Waals surface area contributed by atoms with E-state index < -0.39 is 5.97 Å². The SMILES string of the molecule is O=C(CCNCCCCOc1ccc(Cc2ccc(F)cc2)cc1)OCl. The van der Waals surface area contributed by atoms with Crippen LogP contribution in [0.25, 0.3) is 0 Å². The number of unbranched alkanes of at least 4 members (excludes halogenated alkanes) is 1. The molecule has 0 bridgehead atoms. The van der Waals surface area contributed by atoms with Crippen LogP contribution in [-0.2, 0) is 15.5 Å². The number of hydrogen-bond acceptors (Lipinski definition) is 4. The Balaban J connectivity index is 1.59. The fourth-order valence-electron chi connectivity index (χ4n) is 2.44. The van der Waals surface area contributed by atoms with E-state index in [2.05, 4.69) is 9.61 Å². The number of hydrogen-bond donors (Lipinski definition) is 1. The van der Waals surface area contributed by atoms with Gasteiger partial charge in [-0.15, -0.1) is 0 Å². The van der Waals surface area contributed by atoms with Crippen LogP contribution in [0.3, 0.4) is 0 Å². The Bertz CT molecular complexity index is 662. The lowest BCUT2D eigenvalue weighted by Crippen LogP contribution is -2.19. The molecule has 0 amide bonds. The number of carbonyl (C=O) groups excluding carboxylic acids is 1. The van der Waals surface area contributed by atoms with Crippen molar-refractivity contribution in [3.63, 3.8) is 0 Å². The van der Waals surface area contributed by atoms with Crippen molar-refractivity contribution >= 4 is 17.8 Å². The molecule has 0 saturated carbocycles. The van der Waals surface area contributed by atoms with E-state index in [1.54, 1.807) is 12.1 Å². The largest absolute Gasteiger partial charge is 0.494 e. The van der Waals surface area contributed by atoms with Crippen molar-refractivity contribution in [2.24, 2.45) is 0 Å². The summed E-state index contributed by atoms with van der Waals surface area (Å²) in [7, 11) is 0. The first-order valence-electron chi connectivity index (χ1n) is 8.65. The van der Waals surface area contributed by atoms with Crippen LogP contribution in [0.4, 0.5) is 4.39 Å². The quantitative estimate of drug-likeness (QED) is 0.593. The molecule has 0 radical (unpaired) electrons. The molecule has 0 fully saturated rings. The molecule has 26 heavy (non-hydrogen) atoms. The molecule has 2 aromatic rings. The van der Waals surface area contributed by atoms with Gasteiger partial charge in [0.05, 0.1) is 13.0 Å². The highest BCUT2D eigenvalue weighted by Crippen LogP contribution is 2.16. The zero-order valence-corrected chi connectivity index (χ0v) is 15.3. The molecular weight excluding hydrogens is 357 g/mol. The topological polar surface area (TPSA) is 47.6 Å². The number of halogens is 2. The first-order chi connectivity index (χ1) is 12.7. The summed E-state index contributed by atoms with van der Waals surface area (Å²) in [6.45, 7) is 2.01. The molecule has 0 aliphatic heterocycles. The lowest BCUT2D eigenvalue weighted by atomic mass is 10.1. The third-order valence-electron chi connectivity index (χ3n) is 3.85. The summed E-state index contributed by atoms with van der Waals surface area (Å²) in [4.78, 5) is 10.8. The molecule has 0 saturated heterocycles. The van der Waals surface area contributed by atoms with Crippen molar-refractivity contribution in [2.75, 3.05) is 19.7 Å². The zero-order valence-electron chi connectivity index (χ0n) is 14.5. The summed E-state index contributed by atoms with van der Waals surface area (Å²) in [6, 6.07) is 14.5. The van der Waals surface area contributed by atoms with Crippen molar-refractivity contribution in [3.05, 3.63) is 65.5 Å². The molecule has 4 nitrogen and oxygen atoms in total. The molecular formula is C20H23ClFNO3. The number of benzene rings is 2. The average Bonchev–Trinajstić information content (AvgIpc) is 2.66. The van der Waals surface area contributed by atoms with Crippen LogP contribution < -0.4 is 10.1 Å². The standard InChI is InChI=1S/C20H23ClFNO3/c21-26-20(24)11-13-23-12-1-2-14-25-19-9-5-17(6-10-19)15-16-3-7-18(22)8-4-16/h3-10,23H,1-2,11-15H2. The third-order valence-corrected chi connectivity index (χ3v) is 4.03. The molecule has 0 aliphatic rings. The van der Waals surface area contributed by atoms with Crippen molar-refractivity contribution < 1.29 is 18.2 Å². The van der Waals surface area contributed by atoms with Gasteiger partial charge in [-0.05, 0) is 61.2 Å². The Labute approximate surface area is 158 Å². The Kier molecular flexibility index (Phi) is 8.93. The molecule has 1 N–H and O–H groups in total. The summed E-state index contributed by atoms with van der Waals surface area (Å²) in [6.07, 6.45) is 2.91. The minimum Gasteiger partial charge on any atom is -0.494 e. The number of nitrogens with one attached hydrogen (secondary N) is 1. The molecule has 0 aromatic heterocycles. The molecule has 0 atom stereocenters. The van der Waals surface area contributed by atoms with Crippen LogP contribution in [-0.4, -0.2) is 25.7 Å². The van der Waals surface area contributed by atoms with E-state index in [1.807, 2.05) is 24.3 Å². The van der Waals surface area contributed by atoms with E-state index >= 15 is 0 Å². The van der Waals surface area contributed by atoms with Gasteiger partial charge in [-0.3, -0.25) is 4.79 Å². The lowest BCUT2D eigenvalue weighted by molar-refractivity contribution is -0.133. The number of rotatable bonds is 11. The zero-order chi connectivity index (χ0) is 18.6. The van der Waals surface area contributed by atoms with Crippen molar-refractivity contribution in [1.82, 2.24) is 5.32 Å². The second kappa shape index (κ2) is 11.5. The molecule has 0 spiro atoms. The van der Waals surface area contributed by atoms with Crippen molar-refractivity contribution in [1.29, 1.82) is 0 Å². The highest BCUT2D eigenvalue weighted by molar-refractivity contribution is 6.13. The lowest BCUT2D eigenvalue weighted by Gasteiger charge is -2.08. The second-order valence-electron chi connectivity index (χ2n) is 5.95. The Morgan fingerprint density at radius 2 is 1.62 bits per heavy atom. The van der Waals surface area contributed by atoms with Crippen LogP contribution in [0, 0.1) is 5.82 Å². The fourth-order valence-corrected chi connectivity index (χ4v) is 2.51. The Morgan fingerprint density at radius 3 is 2.27 bits per heavy atom. The third kappa shape index (κ3) is 7.85. The maximum absolute atomic E-state index is 12.9. The van der Waals surface area contributed by atoms with Gasteiger partial charge in [-0.2, -0.15) is 0 Å². The first-order valence-corrected chi connectivity index (χ1v) is 8.96. The molecule has 0 aliphatic carbocycles. The molecule has 2 aromatic carbocycles. The molecule has 2 rings (SSSR count). The van der Waals surface area contributed by atoms with Gasteiger partial charge >= 0.3 is 5.97 Å². The van der Waals surface area contributed by atoms with E-state index in [4.69, 9.17) is 16.6 Å². The van der Waals surface area contributed by atoms with Crippen LogP contribution >= 0.6 is 11.9 Å². The second-order valence-corrected chi connectivity index (χ2v) is 6.11.